The van der Waals surface area contributed by atoms with Gasteiger partial charge < -0.3 is 15.7 Å². The summed E-state index contributed by atoms with van der Waals surface area (Å²) < 4.78 is 7.45. The monoisotopic (exact) mass is 418 g/mol. The highest BCUT2D eigenvalue weighted by Crippen LogP contribution is 2.34. The van der Waals surface area contributed by atoms with Gasteiger partial charge in [-0.15, -0.1) is 0 Å². The van der Waals surface area contributed by atoms with Crippen molar-refractivity contribution < 1.29 is 9.94 Å². The Bertz CT molecular complexity index is 677. The number of benzene rings is 2. The summed E-state index contributed by atoms with van der Waals surface area (Å²) in [4.78, 5) is 0. The van der Waals surface area contributed by atoms with Gasteiger partial charge in [-0.25, -0.2) is 0 Å². The molecule has 0 aliphatic carbocycles. The highest BCUT2D eigenvalue weighted by atomic mass is 79.9. The molecule has 0 bridgehead atoms. The molecule has 0 aliphatic rings. The standard InChI is InChI=1S/C13H9Br2ClN2O2/c14-7-1-4-11(10(15)5-7)20-12-6-8(16)2-3-9(12)13(17)18-19/h1-6,19H,(H2,17,18). The largest absolute Gasteiger partial charge is 0.455 e. The molecule has 0 saturated heterocycles. The van der Waals surface area contributed by atoms with Gasteiger partial charge >= 0.3 is 0 Å². The normalized spacial score (nSPS) is 11.4. The second-order valence-corrected chi connectivity index (χ2v) is 6.01. The van der Waals surface area contributed by atoms with E-state index in [4.69, 9.17) is 27.3 Å². The average molecular weight is 420 g/mol. The van der Waals surface area contributed by atoms with Crippen LogP contribution >= 0.6 is 43.5 Å². The highest BCUT2D eigenvalue weighted by Gasteiger charge is 2.12. The summed E-state index contributed by atoms with van der Waals surface area (Å²) in [5.74, 6) is 0.933. The van der Waals surface area contributed by atoms with Gasteiger partial charge in [0.2, 0.25) is 0 Å². The number of hydrogen-bond donors (Lipinski definition) is 2. The highest BCUT2D eigenvalue weighted by molar-refractivity contribution is 9.11. The lowest BCUT2D eigenvalue weighted by Crippen LogP contribution is -2.14. The summed E-state index contributed by atoms with van der Waals surface area (Å²) >= 11 is 12.7. The number of ether oxygens (including phenoxy) is 1. The molecule has 0 aliphatic heterocycles. The molecule has 0 unspecified atom stereocenters. The second kappa shape index (κ2) is 6.47. The summed E-state index contributed by atoms with van der Waals surface area (Å²) in [6.07, 6.45) is 0. The van der Waals surface area contributed by atoms with Gasteiger partial charge in [0.25, 0.3) is 0 Å². The average Bonchev–Trinajstić information content (AvgIpc) is 2.41. The van der Waals surface area contributed by atoms with Gasteiger partial charge in [-0.2, -0.15) is 0 Å². The van der Waals surface area contributed by atoms with Crippen molar-refractivity contribution in [2.45, 2.75) is 0 Å². The fourth-order valence-corrected chi connectivity index (χ4v) is 2.81. The van der Waals surface area contributed by atoms with E-state index in [1.807, 2.05) is 12.1 Å². The van der Waals surface area contributed by atoms with Gasteiger partial charge in [-0.1, -0.05) is 32.7 Å². The zero-order valence-electron chi connectivity index (χ0n) is 9.98. The van der Waals surface area contributed by atoms with E-state index in [0.29, 0.717) is 22.1 Å². The van der Waals surface area contributed by atoms with Gasteiger partial charge in [0.05, 0.1) is 10.0 Å². The van der Waals surface area contributed by atoms with Crippen LogP contribution < -0.4 is 10.5 Å². The quantitative estimate of drug-likeness (QED) is 0.326. The van der Waals surface area contributed by atoms with Crippen molar-refractivity contribution in [2.24, 2.45) is 10.9 Å². The Labute approximate surface area is 137 Å². The minimum atomic E-state index is -0.0510. The maximum Gasteiger partial charge on any atom is 0.173 e. The third-order valence-corrected chi connectivity index (χ3v) is 3.79. The molecule has 2 rings (SSSR count). The lowest BCUT2D eigenvalue weighted by Gasteiger charge is -2.12. The smallest absolute Gasteiger partial charge is 0.173 e. The summed E-state index contributed by atoms with van der Waals surface area (Å²) in [6.45, 7) is 0. The van der Waals surface area contributed by atoms with Crippen molar-refractivity contribution in [1.29, 1.82) is 0 Å². The van der Waals surface area contributed by atoms with Crippen LogP contribution in [0.15, 0.2) is 50.5 Å². The van der Waals surface area contributed by atoms with Crippen LogP contribution in [0.4, 0.5) is 0 Å². The summed E-state index contributed by atoms with van der Waals surface area (Å²) in [7, 11) is 0. The van der Waals surface area contributed by atoms with Crippen LogP contribution in [0.25, 0.3) is 0 Å². The molecular formula is C13H9Br2ClN2O2. The van der Waals surface area contributed by atoms with Crippen molar-refractivity contribution in [3.8, 4) is 11.5 Å². The Balaban J connectivity index is 2.44. The van der Waals surface area contributed by atoms with E-state index in [2.05, 4.69) is 37.0 Å². The minimum Gasteiger partial charge on any atom is -0.455 e. The van der Waals surface area contributed by atoms with Gasteiger partial charge in [0.1, 0.15) is 11.5 Å². The molecule has 2 aromatic rings. The molecule has 104 valence electrons. The fourth-order valence-electron chi connectivity index (χ4n) is 1.52. The zero-order chi connectivity index (χ0) is 14.7. The van der Waals surface area contributed by atoms with Crippen LogP contribution in [0, 0.1) is 0 Å². The van der Waals surface area contributed by atoms with E-state index in [1.165, 1.54) is 0 Å². The Morgan fingerprint density at radius 3 is 2.55 bits per heavy atom. The van der Waals surface area contributed by atoms with Crippen LogP contribution in [0.2, 0.25) is 5.02 Å². The van der Waals surface area contributed by atoms with Gasteiger partial charge in [-0.05, 0) is 46.3 Å². The zero-order valence-corrected chi connectivity index (χ0v) is 13.9. The molecule has 0 atom stereocenters. The molecule has 20 heavy (non-hydrogen) atoms. The lowest BCUT2D eigenvalue weighted by molar-refractivity contribution is 0.318. The number of nitrogens with zero attached hydrogens (tertiary/aromatic N) is 1. The number of nitrogens with two attached hydrogens (primary N) is 1. The molecule has 7 heteroatoms. The Morgan fingerprint density at radius 2 is 1.90 bits per heavy atom. The number of halogens is 3. The molecule has 0 spiro atoms. The van der Waals surface area contributed by atoms with Crippen molar-refractivity contribution in [3.05, 3.63) is 55.9 Å². The molecular weight excluding hydrogens is 411 g/mol. The van der Waals surface area contributed by atoms with Crippen molar-refractivity contribution in [3.63, 3.8) is 0 Å². The van der Waals surface area contributed by atoms with Crippen LogP contribution in [0.3, 0.4) is 0 Å². The van der Waals surface area contributed by atoms with E-state index < -0.39 is 0 Å². The number of oxime groups is 1. The molecule has 0 fully saturated rings. The molecule has 0 aromatic heterocycles. The number of rotatable bonds is 3. The maximum atomic E-state index is 8.80. The first kappa shape index (κ1) is 15.2. The predicted molar refractivity (Wildman–Crippen MR) is 85.9 cm³/mol. The third-order valence-electron chi connectivity index (χ3n) is 2.44. The first-order valence-electron chi connectivity index (χ1n) is 5.41. The summed E-state index contributed by atoms with van der Waals surface area (Å²) in [6, 6.07) is 10.3. The first-order chi connectivity index (χ1) is 9.51. The topological polar surface area (TPSA) is 67.8 Å². The van der Waals surface area contributed by atoms with Crippen molar-refractivity contribution in [1.82, 2.24) is 0 Å². The Morgan fingerprint density at radius 1 is 1.15 bits per heavy atom. The van der Waals surface area contributed by atoms with E-state index in [0.717, 1.165) is 8.95 Å². The molecule has 0 radical (unpaired) electrons. The fraction of sp³-hybridized carbons (Fsp3) is 0. The lowest BCUT2D eigenvalue weighted by atomic mass is 10.2. The van der Waals surface area contributed by atoms with Gasteiger partial charge in [-0.3, -0.25) is 0 Å². The van der Waals surface area contributed by atoms with Crippen molar-refractivity contribution in [2.75, 3.05) is 0 Å². The third kappa shape index (κ3) is 3.45. The first-order valence-corrected chi connectivity index (χ1v) is 7.38. The van der Waals surface area contributed by atoms with E-state index >= 15 is 0 Å². The second-order valence-electron chi connectivity index (χ2n) is 3.80. The minimum absolute atomic E-state index is 0.0510. The molecule has 4 nitrogen and oxygen atoms in total. The van der Waals surface area contributed by atoms with E-state index in [1.54, 1.807) is 24.3 Å². The molecule has 0 heterocycles. The molecule has 3 N–H and O–H groups in total. The van der Waals surface area contributed by atoms with Crippen LogP contribution in [-0.4, -0.2) is 11.0 Å². The molecule has 0 amide bonds. The SMILES string of the molecule is NC(=NO)c1ccc(Cl)cc1Oc1ccc(Br)cc1Br. The summed E-state index contributed by atoms with van der Waals surface area (Å²) in [5.41, 5.74) is 6.07. The molecule has 0 saturated carbocycles. The van der Waals surface area contributed by atoms with Crippen LogP contribution in [-0.2, 0) is 0 Å². The van der Waals surface area contributed by atoms with E-state index in [-0.39, 0.29) is 5.84 Å². The Kier molecular flexibility index (Phi) is 4.91. The maximum absolute atomic E-state index is 8.80. The predicted octanol–water partition coefficient (Wildman–Crippen LogP) is 4.75. The molecule has 2 aromatic carbocycles. The van der Waals surface area contributed by atoms with Crippen LogP contribution in [0.1, 0.15) is 5.56 Å². The summed E-state index contributed by atoms with van der Waals surface area (Å²) in [5, 5.41) is 12.3. The van der Waals surface area contributed by atoms with Gasteiger partial charge in [0.15, 0.2) is 5.84 Å². The number of amidine groups is 1. The van der Waals surface area contributed by atoms with E-state index in [9.17, 15) is 0 Å². The van der Waals surface area contributed by atoms with Crippen molar-refractivity contribution >= 4 is 49.3 Å². The van der Waals surface area contributed by atoms with Crippen LogP contribution in [0.5, 0.6) is 11.5 Å². The number of hydrogen-bond acceptors (Lipinski definition) is 3. The van der Waals surface area contributed by atoms with Gasteiger partial charge in [0, 0.05) is 15.6 Å². The Hall–Kier alpha value is -1.24.